The Morgan fingerprint density at radius 3 is 2.53 bits per heavy atom. The van der Waals surface area contributed by atoms with E-state index < -0.39 is 29.4 Å². The number of nitrogens with zero attached hydrogens (tertiary/aromatic N) is 1. The molecule has 0 aromatic heterocycles. The fourth-order valence-electron chi connectivity index (χ4n) is 3.26. The van der Waals surface area contributed by atoms with Crippen molar-refractivity contribution in [3.8, 4) is 0 Å². The molecule has 0 unspecified atom stereocenters. The maximum absolute atomic E-state index is 13.4. The van der Waals surface area contributed by atoms with Crippen LogP contribution in [0.15, 0.2) is 18.2 Å². The summed E-state index contributed by atoms with van der Waals surface area (Å²) in [7, 11) is 0. The van der Waals surface area contributed by atoms with Crippen molar-refractivity contribution in [2.75, 3.05) is 31.6 Å². The van der Waals surface area contributed by atoms with Gasteiger partial charge in [0.15, 0.2) is 0 Å². The number of carbonyl (C=O) groups is 2. The van der Waals surface area contributed by atoms with Crippen LogP contribution in [-0.4, -0.2) is 48.8 Å². The van der Waals surface area contributed by atoms with Gasteiger partial charge < -0.3 is 19.7 Å². The summed E-state index contributed by atoms with van der Waals surface area (Å²) in [6.45, 7) is 8.27. The number of carbonyl (C=O) groups excluding carboxylic acids is 2. The van der Waals surface area contributed by atoms with Crippen molar-refractivity contribution in [1.82, 2.24) is 4.90 Å². The quantitative estimate of drug-likeness (QED) is 0.670. The highest BCUT2D eigenvalue weighted by atomic mass is 19.4. The summed E-state index contributed by atoms with van der Waals surface area (Å²) in [6, 6.07) is 3.15. The highest BCUT2D eigenvalue weighted by Gasteiger charge is 2.34. The summed E-state index contributed by atoms with van der Waals surface area (Å²) >= 11 is 0. The first-order valence-electron chi connectivity index (χ1n) is 10.0. The van der Waals surface area contributed by atoms with Crippen molar-refractivity contribution in [3.63, 3.8) is 0 Å². The minimum Gasteiger partial charge on any atom is -0.462 e. The van der Waals surface area contributed by atoms with Crippen LogP contribution in [0.2, 0.25) is 0 Å². The van der Waals surface area contributed by atoms with E-state index in [1.165, 1.54) is 0 Å². The van der Waals surface area contributed by atoms with E-state index in [4.69, 9.17) is 9.47 Å². The van der Waals surface area contributed by atoms with Gasteiger partial charge in [-0.1, -0.05) is 0 Å². The van der Waals surface area contributed by atoms with Crippen molar-refractivity contribution in [1.29, 1.82) is 0 Å². The van der Waals surface area contributed by atoms with Crippen LogP contribution < -0.4 is 5.32 Å². The fourth-order valence-corrected chi connectivity index (χ4v) is 3.26. The smallest absolute Gasteiger partial charge is 0.418 e. The molecule has 0 aliphatic carbocycles. The standard InChI is InChI=1S/C21H29F3N2O4/c1-5-29-18(27)15-8-9-16(21(22,23)24)17(11-15)25-12-14-7-6-10-26(13-14)19(28)30-20(2,3)4/h8-9,11,14,25H,5-7,10,12-13H2,1-4H3/t14-/m0/s1. The van der Waals surface area contributed by atoms with E-state index >= 15 is 0 Å². The number of piperidine rings is 1. The SMILES string of the molecule is CCOC(=O)c1ccc(C(F)(F)F)c(NC[C@@H]2CCCN(C(=O)OC(C)(C)C)C2)c1. The van der Waals surface area contributed by atoms with E-state index in [9.17, 15) is 22.8 Å². The lowest BCUT2D eigenvalue weighted by molar-refractivity contribution is -0.137. The summed E-state index contributed by atoms with van der Waals surface area (Å²) < 4.78 is 50.4. The first-order valence-corrected chi connectivity index (χ1v) is 10.0. The predicted molar refractivity (Wildman–Crippen MR) is 106 cm³/mol. The first-order chi connectivity index (χ1) is 13.9. The number of nitrogens with one attached hydrogen (secondary N) is 1. The van der Waals surface area contributed by atoms with E-state index in [0.717, 1.165) is 31.0 Å². The van der Waals surface area contributed by atoms with Gasteiger partial charge in [-0.15, -0.1) is 0 Å². The molecule has 1 atom stereocenters. The zero-order valence-corrected chi connectivity index (χ0v) is 17.8. The van der Waals surface area contributed by atoms with Crippen molar-refractivity contribution in [2.45, 2.75) is 52.3 Å². The summed E-state index contributed by atoms with van der Waals surface area (Å²) in [5.74, 6) is -0.721. The average molecular weight is 430 g/mol. The van der Waals surface area contributed by atoms with Crippen molar-refractivity contribution >= 4 is 17.7 Å². The molecule has 0 radical (unpaired) electrons. The molecule has 1 N–H and O–H groups in total. The lowest BCUT2D eigenvalue weighted by atomic mass is 9.98. The van der Waals surface area contributed by atoms with Gasteiger partial charge in [0, 0.05) is 25.3 Å². The highest BCUT2D eigenvalue weighted by molar-refractivity contribution is 5.91. The molecule has 0 spiro atoms. The zero-order chi connectivity index (χ0) is 22.5. The molecule has 1 aliphatic heterocycles. The average Bonchev–Trinajstić information content (AvgIpc) is 2.64. The van der Waals surface area contributed by atoms with Gasteiger partial charge in [-0.2, -0.15) is 13.2 Å². The number of ether oxygens (including phenoxy) is 2. The van der Waals surface area contributed by atoms with E-state index in [0.29, 0.717) is 13.1 Å². The topological polar surface area (TPSA) is 67.9 Å². The van der Waals surface area contributed by atoms with Gasteiger partial charge >= 0.3 is 18.2 Å². The lowest BCUT2D eigenvalue weighted by Gasteiger charge is -2.34. The first kappa shape index (κ1) is 23.8. The summed E-state index contributed by atoms with van der Waals surface area (Å²) in [5.41, 5.74) is -1.60. The van der Waals surface area contributed by atoms with Gasteiger partial charge in [-0.05, 0) is 64.7 Å². The van der Waals surface area contributed by atoms with Gasteiger partial charge in [0.25, 0.3) is 0 Å². The second-order valence-electron chi connectivity index (χ2n) is 8.29. The molecule has 1 saturated heterocycles. The molecule has 1 aliphatic rings. The van der Waals surface area contributed by atoms with Gasteiger partial charge in [-0.3, -0.25) is 0 Å². The molecule has 1 aromatic rings. The van der Waals surface area contributed by atoms with Crippen LogP contribution in [-0.2, 0) is 15.7 Å². The van der Waals surface area contributed by atoms with Crippen molar-refractivity contribution < 1.29 is 32.2 Å². The number of amides is 1. The Morgan fingerprint density at radius 1 is 1.23 bits per heavy atom. The van der Waals surface area contributed by atoms with Gasteiger partial charge in [0.2, 0.25) is 0 Å². The molecule has 1 amide bonds. The fraction of sp³-hybridized carbons (Fsp3) is 0.619. The van der Waals surface area contributed by atoms with Gasteiger partial charge in [0.1, 0.15) is 5.60 Å². The number of esters is 1. The molecule has 0 saturated carbocycles. The molecule has 0 bridgehead atoms. The van der Waals surface area contributed by atoms with Gasteiger partial charge in [-0.25, -0.2) is 9.59 Å². The Kier molecular flexibility index (Phi) is 7.60. The third-order valence-corrected chi connectivity index (χ3v) is 4.59. The molecular formula is C21H29F3N2O4. The van der Waals surface area contributed by atoms with Crippen molar-refractivity contribution in [2.24, 2.45) is 5.92 Å². The molecule has 6 nitrogen and oxygen atoms in total. The molecule has 1 fully saturated rings. The van der Waals surface area contributed by atoms with Crippen LogP contribution in [0.1, 0.15) is 56.5 Å². The molecule has 1 heterocycles. The number of benzene rings is 1. The second kappa shape index (κ2) is 9.57. The largest absolute Gasteiger partial charge is 0.462 e. The number of likely N-dealkylation sites (tertiary alicyclic amines) is 1. The molecule has 1 aromatic carbocycles. The Hall–Kier alpha value is -2.45. The number of alkyl halides is 3. The summed E-state index contributed by atoms with van der Waals surface area (Å²) in [5, 5.41) is 2.83. The van der Waals surface area contributed by atoms with Crippen LogP contribution in [0.25, 0.3) is 0 Å². The summed E-state index contributed by atoms with van der Waals surface area (Å²) in [6.07, 6.45) is -3.48. The van der Waals surface area contributed by atoms with Crippen LogP contribution in [0.5, 0.6) is 0 Å². The normalized spacial score (nSPS) is 17.4. The Morgan fingerprint density at radius 2 is 1.93 bits per heavy atom. The molecular weight excluding hydrogens is 401 g/mol. The Bertz CT molecular complexity index is 760. The van der Waals surface area contributed by atoms with Crippen LogP contribution >= 0.6 is 0 Å². The predicted octanol–water partition coefficient (Wildman–Crippen LogP) is 4.94. The third-order valence-electron chi connectivity index (χ3n) is 4.59. The van der Waals surface area contributed by atoms with Crippen LogP contribution in [0.4, 0.5) is 23.7 Å². The van der Waals surface area contributed by atoms with E-state index in [1.807, 2.05) is 0 Å². The maximum atomic E-state index is 13.4. The number of hydrogen-bond acceptors (Lipinski definition) is 5. The molecule has 30 heavy (non-hydrogen) atoms. The molecule has 168 valence electrons. The number of rotatable bonds is 5. The van der Waals surface area contributed by atoms with Crippen LogP contribution in [0.3, 0.4) is 0 Å². The summed E-state index contributed by atoms with van der Waals surface area (Å²) in [4.78, 5) is 25.8. The highest BCUT2D eigenvalue weighted by Crippen LogP contribution is 2.36. The second-order valence-corrected chi connectivity index (χ2v) is 8.29. The number of anilines is 1. The van der Waals surface area contributed by atoms with E-state index in [1.54, 1.807) is 32.6 Å². The van der Waals surface area contributed by atoms with Gasteiger partial charge in [0.05, 0.1) is 17.7 Å². The Balaban J connectivity index is 2.10. The van der Waals surface area contributed by atoms with E-state index in [2.05, 4.69) is 5.32 Å². The number of halogens is 3. The zero-order valence-electron chi connectivity index (χ0n) is 17.8. The number of hydrogen-bond donors (Lipinski definition) is 1. The minimum atomic E-state index is -4.56. The molecule has 9 heteroatoms. The van der Waals surface area contributed by atoms with E-state index in [-0.39, 0.29) is 30.3 Å². The van der Waals surface area contributed by atoms with Crippen molar-refractivity contribution in [3.05, 3.63) is 29.3 Å². The third kappa shape index (κ3) is 6.81. The maximum Gasteiger partial charge on any atom is 0.418 e. The monoisotopic (exact) mass is 430 g/mol. The lowest BCUT2D eigenvalue weighted by Crippen LogP contribution is -2.44. The van der Waals surface area contributed by atoms with Crippen LogP contribution in [0, 0.1) is 5.92 Å². The molecule has 2 rings (SSSR count). The Labute approximate surface area is 174 Å². The minimum absolute atomic E-state index is 0.0430.